The van der Waals surface area contributed by atoms with E-state index in [1.54, 1.807) is 12.1 Å². The van der Waals surface area contributed by atoms with Crippen LogP contribution >= 0.6 is 34.8 Å². The van der Waals surface area contributed by atoms with E-state index >= 15 is 0 Å². The molecule has 0 amide bonds. The summed E-state index contributed by atoms with van der Waals surface area (Å²) in [5.74, 6) is 0. The number of likely N-dealkylation sites (tertiary alicyclic amines) is 1. The molecule has 1 aromatic carbocycles. The van der Waals surface area contributed by atoms with Gasteiger partial charge in [-0.1, -0.05) is 34.8 Å². The maximum atomic E-state index is 6.13. The summed E-state index contributed by atoms with van der Waals surface area (Å²) in [4.78, 5) is 2.35. The SMILES string of the molecule is Clc1ccc(Cl)c(CN2CCCC2)c1Cl. The second-order valence-corrected chi connectivity index (χ2v) is 5.00. The van der Waals surface area contributed by atoms with Gasteiger partial charge in [0.25, 0.3) is 0 Å². The van der Waals surface area contributed by atoms with Crippen LogP contribution in [0.2, 0.25) is 15.1 Å². The Morgan fingerprint density at radius 1 is 1.00 bits per heavy atom. The van der Waals surface area contributed by atoms with Gasteiger partial charge in [0.05, 0.1) is 10.0 Å². The number of halogens is 3. The number of nitrogens with zero attached hydrogens (tertiary/aromatic N) is 1. The van der Waals surface area contributed by atoms with Crippen LogP contribution in [0.4, 0.5) is 0 Å². The molecule has 1 aliphatic rings. The van der Waals surface area contributed by atoms with Gasteiger partial charge in [0.1, 0.15) is 0 Å². The van der Waals surface area contributed by atoms with Crippen molar-refractivity contribution in [2.75, 3.05) is 13.1 Å². The van der Waals surface area contributed by atoms with E-state index in [2.05, 4.69) is 4.90 Å². The third kappa shape index (κ3) is 2.59. The molecule has 0 aliphatic carbocycles. The number of rotatable bonds is 2. The molecule has 0 saturated carbocycles. The van der Waals surface area contributed by atoms with E-state index in [1.807, 2.05) is 0 Å². The summed E-state index contributed by atoms with van der Waals surface area (Å²) in [6.45, 7) is 3.05. The molecule has 0 atom stereocenters. The van der Waals surface area contributed by atoms with Crippen LogP contribution in [0.1, 0.15) is 18.4 Å². The van der Waals surface area contributed by atoms with E-state index in [0.717, 1.165) is 25.2 Å². The third-order valence-electron chi connectivity index (χ3n) is 2.72. The van der Waals surface area contributed by atoms with Crippen molar-refractivity contribution in [1.29, 1.82) is 0 Å². The predicted octanol–water partition coefficient (Wildman–Crippen LogP) is 4.24. The van der Waals surface area contributed by atoms with Gasteiger partial charge in [-0.15, -0.1) is 0 Å². The van der Waals surface area contributed by atoms with Gasteiger partial charge in [0.2, 0.25) is 0 Å². The number of hydrogen-bond donors (Lipinski definition) is 0. The lowest BCUT2D eigenvalue weighted by atomic mass is 10.2. The number of hydrogen-bond acceptors (Lipinski definition) is 1. The summed E-state index contributed by atoms with van der Waals surface area (Å²) in [6.07, 6.45) is 2.52. The molecule has 1 nitrogen and oxygen atoms in total. The lowest BCUT2D eigenvalue weighted by molar-refractivity contribution is 0.331. The highest BCUT2D eigenvalue weighted by Crippen LogP contribution is 2.32. The summed E-state index contributed by atoms with van der Waals surface area (Å²) >= 11 is 18.2. The van der Waals surface area contributed by atoms with E-state index < -0.39 is 0 Å². The van der Waals surface area contributed by atoms with Crippen molar-refractivity contribution in [1.82, 2.24) is 4.90 Å². The van der Waals surface area contributed by atoms with Crippen LogP contribution in [0.5, 0.6) is 0 Å². The maximum Gasteiger partial charge on any atom is 0.0652 e. The smallest absolute Gasteiger partial charge is 0.0652 e. The molecular formula is C11H12Cl3N. The van der Waals surface area contributed by atoms with Gasteiger partial charge in [-0.3, -0.25) is 4.90 Å². The molecule has 15 heavy (non-hydrogen) atoms. The molecular weight excluding hydrogens is 252 g/mol. The third-order valence-corrected chi connectivity index (χ3v) is 3.92. The van der Waals surface area contributed by atoms with E-state index in [0.29, 0.717) is 15.1 Å². The second-order valence-electron chi connectivity index (χ2n) is 3.80. The van der Waals surface area contributed by atoms with Crippen LogP contribution in [-0.2, 0) is 6.54 Å². The van der Waals surface area contributed by atoms with E-state index in [9.17, 15) is 0 Å². The van der Waals surface area contributed by atoms with Crippen LogP contribution < -0.4 is 0 Å². The zero-order valence-corrected chi connectivity index (χ0v) is 10.5. The first-order chi connectivity index (χ1) is 7.18. The lowest BCUT2D eigenvalue weighted by Crippen LogP contribution is -2.18. The molecule has 0 N–H and O–H groups in total. The van der Waals surface area contributed by atoms with E-state index in [4.69, 9.17) is 34.8 Å². The molecule has 0 aromatic heterocycles. The van der Waals surface area contributed by atoms with Crippen molar-refractivity contribution in [2.45, 2.75) is 19.4 Å². The zero-order valence-electron chi connectivity index (χ0n) is 8.27. The summed E-state index contributed by atoms with van der Waals surface area (Å²) in [5, 5.41) is 1.88. The molecule has 1 aliphatic heterocycles. The van der Waals surface area contributed by atoms with Crippen molar-refractivity contribution in [3.8, 4) is 0 Å². The summed E-state index contributed by atoms with van der Waals surface area (Å²) < 4.78 is 0. The fraction of sp³-hybridized carbons (Fsp3) is 0.455. The van der Waals surface area contributed by atoms with Gasteiger partial charge in [-0.25, -0.2) is 0 Å². The van der Waals surface area contributed by atoms with Crippen molar-refractivity contribution in [3.63, 3.8) is 0 Å². The zero-order chi connectivity index (χ0) is 10.8. The van der Waals surface area contributed by atoms with Crippen molar-refractivity contribution in [2.24, 2.45) is 0 Å². The first-order valence-corrected chi connectivity index (χ1v) is 6.16. The topological polar surface area (TPSA) is 3.24 Å². The van der Waals surface area contributed by atoms with Gasteiger partial charge in [-0.2, -0.15) is 0 Å². The quantitative estimate of drug-likeness (QED) is 0.722. The molecule has 0 bridgehead atoms. The van der Waals surface area contributed by atoms with Crippen molar-refractivity contribution >= 4 is 34.8 Å². The summed E-state index contributed by atoms with van der Waals surface area (Å²) in [6, 6.07) is 3.54. The Morgan fingerprint density at radius 2 is 1.60 bits per heavy atom. The molecule has 0 unspecified atom stereocenters. The Balaban J connectivity index is 2.22. The molecule has 0 spiro atoms. The summed E-state index contributed by atoms with van der Waals surface area (Å²) in [7, 11) is 0. The Kier molecular flexibility index (Phi) is 3.78. The number of benzene rings is 1. The molecule has 2 rings (SSSR count). The Labute approximate surface area is 105 Å². The van der Waals surface area contributed by atoms with Crippen LogP contribution in [0.3, 0.4) is 0 Å². The van der Waals surface area contributed by atoms with Gasteiger partial charge >= 0.3 is 0 Å². The minimum atomic E-state index is 0.579. The fourth-order valence-corrected chi connectivity index (χ4v) is 2.55. The molecule has 1 saturated heterocycles. The Morgan fingerprint density at radius 3 is 2.27 bits per heavy atom. The standard InChI is InChI=1S/C11H12Cl3N/c12-9-3-4-10(13)11(14)8(9)7-15-5-1-2-6-15/h3-4H,1-2,5-7H2. The first kappa shape index (κ1) is 11.5. The highest BCUT2D eigenvalue weighted by Gasteiger charge is 2.16. The highest BCUT2D eigenvalue weighted by atomic mass is 35.5. The molecule has 1 aromatic rings. The van der Waals surface area contributed by atoms with E-state index in [-0.39, 0.29) is 0 Å². The van der Waals surface area contributed by atoms with Crippen LogP contribution in [0.25, 0.3) is 0 Å². The van der Waals surface area contributed by atoms with Crippen LogP contribution in [0.15, 0.2) is 12.1 Å². The van der Waals surface area contributed by atoms with Crippen LogP contribution in [0, 0.1) is 0 Å². The molecule has 82 valence electrons. The predicted molar refractivity (Wildman–Crippen MR) is 66.0 cm³/mol. The minimum Gasteiger partial charge on any atom is -0.299 e. The Hall–Kier alpha value is 0.0500. The molecule has 1 fully saturated rings. The normalized spacial score (nSPS) is 17.3. The first-order valence-electron chi connectivity index (χ1n) is 5.03. The fourth-order valence-electron chi connectivity index (χ4n) is 1.88. The maximum absolute atomic E-state index is 6.13. The Bertz CT molecular complexity index is 359. The van der Waals surface area contributed by atoms with Gasteiger partial charge in [0.15, 0.2) is 0 Å². The van der Waals surface area contributed by atoms with Crippen molar-refractivity contribution < 1.29 is 0 Å². The minimum absolute atomic E-state index is 0.579. The monoisotopic (exact) mass is 263 g/mol. The van der Waals surface area contributed by atoms with Gasteiger partial charge in [-0.05, 0) is 38.1 Å². The summed E-state index contributed by atoms with van der Waals surface area (Å²) in [5.41, 5.74) is 0.952. The average Bonchev–Trinajstić information content (AvgIpc) is 2.71. The molecule has 0 radical (unpaired) electrons. The molecule has 1 heterocycles. The van der Waals surface area contributed by atoms with Gasteiger partial charge < -0.3 is 0 Å². The highest BCUT2D eigenvalue weighted by molar-refractivity contribution is 6.44. The van der Waals surface area contributed by atoms with Crippen molar-refractivity contribution in [3.05, 3.63) is 32.8 Å². The second kappa shape index (κ2) is 4.92. The largest absolute Gasteiger partial charge is 0.299 e. The van der Waals surface area contributed by atoms with E-state index in [1.165, 1.54) is 12.8 Å². The van der Waals surface area contributed by atoms with Crippen LogP contribution in [-0.4, -0.2) is 18.0 Å². The lowest BCUT2D eigenvalue weighted by Gasteiger charge is -2.17. The molecule has 4 heteroatoms. The average molecular weight is 265 g/mol. The van der Waals surface area contributed by atoms with Gasteiger partial charge in [0, 0.05) is 17.1 Å².